The summed E-state index contributed by atoms with van der Waals surface area (Å²) >= 11 is 0.710. The zero-order valence-electron chi connectivity index (χ0n) is 19.6. The van der Waals surface area contributed by atoms with Gasteiger partial charge in [-0.15, -0.1) is 0 Å². The minimum absolute atomic E-state index is 0.0101. The molecule has 0 spiro atoms. The van der Waals surface area contributed by atoms with Crippen molar-refractivity contribution in [2.45, 2.75) is 19.4 Å². The van der Waals surface area contributed by atoms with E-state index in [9.17, 15) is 22.8 Å². The number of halogens is 3. The summed E-state index contributed by atoms with van der Waals surface area (Å²) < 4.78 is 50.1. The largest absolute Gasteiger partial charge is 0.471 e. The van der Waals surface area contributed by atoms with E-state index in [-0.39, 0.29) is 23.1 Å². The Balaban J connectivity index is 1.44. The van der Waals surface area contributed by atoms with Crippen LogP contribution in [-0.4, -0.2) is 83.6 Å². The number of piperazine rings is 1. The van der Waals surface area contributed by atoms with Gasteiger partial charge in [0.15, 0.2) is 11.6 Å². The lowest BCUT2D eigenvalue weighted by Gasteiger charge is -2.34. The normalized spacial score (nSPS) is 14.6. The van der Waals surface area contributed by atoms with Crippen LogP contribution in [0.25, 0.3) is 0 Å². The Kier molecular flexibility index (Phi) is 10.3. The number of primary amides is 1. The average molecular weight is 531 g/mol. The van der Waals surface area contributed by atoms with Crippen LogP contribution in [0.2, 0.25) is 0 Å². The summed E-state index contributed by atoms with van der Waals surface area (Å²) in [5.41, 5.74) is 4.45. The first-order chi connectivity index (χ1) is 17.3. The number of β-amino-alcohol motifs (C(OH)–C–C–N with tert-alkyl or cyclic N) is 1. The highest BCUT2D eigenvalue weighted by atomic mass is 32.1. The molecule has 10 nitrogen and oxygen atoms in total. The lowest BCUT2D eigenvalue weighted by molar-refractivity contribution is 0.0996. The van der Waals surface area contributed by atoms with Gasteiger partial charge in [0.05, 0.1) is 12.2 Å². The molecule has 5 N–H and O–H groups in total. The number of anilines is 1. The summed E-state index contributed by atoms with van der Waals surface area (Å²) in [7, 11) is 0. The lowest BCUT2D eigenvalue weighted by Crippen LogP contribution is -2.47. The molecule has 3 amide bonds. The number of aliphatic hydroxyl groups is 1. The van der Waals surface area contributed by atoms with Crippen LogP contribution >= 0.6 is 11.5 Å². The third kappa shape index (κ3) is 7.53. The van der Waals surface area contributed by atoms with Crippen molar-refractivity contribution in [3.63, 3.8) is 0 Å². The van der Waals surface area contributed by atoms with Crippen LogP contribution in [0.1, 0.15) is 28.8 Å². The van der Waals surface area contributed by atoms with Crippen LogP contribution in [-0.2, 0) is 6.61 Å². The highest BCUT2D eigenvalue weighted by molar-refractivity contribution is 7.11. The highest BCUT2D eigenvalue weighted by Gasteiger charge is 2.23. The molecule has 1 saturated heterocycles. The molecule has 1 aliphatic rings. The molecule has 2 heterocycles. The molecular weight excluding hydrogens is 501 g/mol. The van der Waals surface area contributed by atoms with Crippen LogP contribution < -0.4 is 21.1 Å². The molecule has 14 heteroatoms. The van der Waals surface area contributed by atoms with E-state index < -0.39 is 41.6 Å². The third-order valence-electron chi connectivity index (χ3n) is 5.69. The molecule has 1 aromatic carbocycles. The van der Waals surface area contributed by atoms with Gasteiger partial charge in [-0.2, -0.15) is 4.37 Å². The highest BCUT2D eigenvalue weighted by Crippen LogP contribution is 2.31. The van der Waals surface area contributed by atoms with Crippen molar-refractivity contribution in [3.05, 3.63) is 40.7 Å². The van der Waals surface area contributed by atoms with Gasteiger partial charge < -0.3 is 25.8 Å². The number of aliphatic hydroxyl groups excluding tert-OH is 1. The number of hydrogen-bond acceptors (Lipinski definition) is 8. The van der Waals surface area contributed by atoms with E-state index in [1.807, 2.05) is 0 Å². The Bertz CT molecular complexity index is 1050. The number of ether oxygens (including phenoxy) is 1. The summed E-state index contributed by atoms with van der Waals surface area (Å²) in [5.74, 6) is -4.97. The van der Waals surface area contributed by atoms with Crippen LogP contribution in [0.3, 0.4) is 0 Å². The molecule has 1 aromatic heterocycles. The molecule has 1 fully saturated rings. The van der Waals surface area contributed by atoms with E-state index in [2.05, 4.69) is 24.8 Å². The summed E-state index contributed by atoms with van der Waals surface area (Å²) in [6, 6.07) is 0.824. The van der Waals surface area contributed by atoms with Gasteiger partial charge in [0.1, 0.15) is 23.0 Å². The number of nitrogens with zero attached hydrogens (tertiary/aromatic N) is 3. The Morgan fingerprint density at radius 3 is 2.42 bits per heavy atom. The van der Waals surface area contributed by atoms with Crippen molar-refractivity contribution in [1.82, 2.24) is 19.5 Å². The molecule has 0 saturated carbocycles. The van der Waals surface area contributed by atoms with E-state index in [0.29, 0.717) is 30.7 Å². The van der Waals surface area contributed by atoms with Gasteiger partial charge in [0.25, 0.3) is 5.91 Å². The molecule has 0 bridgehead atoms. The summed E-state index contributed by atoms with van der Waals surface area (Å²) in [4.78, 5) is 28.7. The SMILES string of the molecule is NC(=O)c1c(OCc2c(F)ccc(F)c2F)nsc1NC(=O)NCCCCN1CCN(CCO)CC1. The first-order valence-corrected chi connectivity index (χ1v) is 12.2. The number of amides is 3. The van der Waals surface area contributed by atoms with Crippen molar-refractivity contribution in [1.29, 1.82) is 0 Å². The Morgan fingerprint density at radius 2 is 1.75 bits per heavy atom. The summed E-state index contributed by atoms with van der Waals surface area (Å²) in [6.07, 6.45) is 1.63. The van der Waals surface area contributed by atoms with Crippen molar-refractivity contribution in [2.75, 3.05) is 57.7 Å². The Morgan fingerprint density at radius 1 is 1.08 bits per heavy atom. The average Bonchev–Trinajstić information content (AvgIpc) is 3.25. The lowest BCUT2D eigenvalue weighted by atomic mass is 10.2. The second-order valence-electron chi connectivity index (χ2n) is 8.16. The topological polar surface area (TPSA) is 133 Å². The number of nitrogens with one attached hydrogen (secondary N) is 2. The fraction of sp³-hybridized carbons (Fsp3) is 0.500. The molecule has 0 atom stereocenters. The van der Waals surface area contributed by atoms with Crippen LogP contribution in [0, 0.1) is 17.5 Å². The molecule has 1 aliphatic heterocycles. The minimum atomic E-state index is -1.41. The minimum Gasteiger partial charge on any atom is -0.471 e. The number of aromatic nitrogens is 1. The zero-order chi connectivity index (χ0) is 26.1. The number of carbonyl (C=O) groups is 2. The first kappa shape index (κ1) is 27.6. The van der Waals surface area contributed by atoms with Crippen LogP contribution in [0.5, 0.6) is 5.88 Å². The number of benzene rings is 1. The van der Waals surface area contributed by atoms with Crippen LogP contribution in [0.15, 0.2) is 12.1 Å². The molecular formula is C22H29F3N6O4S. The molecule has 2 aromatic rings. The summed E-state index contributed by atoms with van der Waals surface area (Å²) in [6.45, 7) is 5.18. The monoisotopic (exact) mass is 530 g/mol. The fourth-order valence-corrected chi connectivity index (χ4v) is 4.44. The second-order valence-corrected chi connectivity index (χ2v) is 8.93. The molecule has 36 heavy (non-hydrogen) atoms. The van der Waals surface area contributed by atoms with E-state index in [4.69, 9.17) is 15.6 Å². The van der Waals surface area contributed by atoms with Crippen molar-refractivity contribution < 1.29 is 32.6 Å². The maximum Gasteiger partial charge on any atom is 0.319 e. The number of rotatable bonds is 12. The van der Waals surface area contributed by atoms with Gasteiger partial charge >= 0.3 is 6.03 Å². The van der Waals surface area contributed by atoms with Crippen LogP contribution in [0.4, 0.5) is 23.0 Å². The summed E-state index contributed by atoms with van der Waals surface area (Å²) in [5, 5.41) is 14.2. The van der Waals surface area contributed by atoms with Crippen molar-refractivity contribution in [3.8, 4) is 5.88 Å². The number of hydrogen-bond donors (Lipinski definition) is 4. The van der Waals surface area contributed by atoms with Gasteiger partial charge in [-0.3, -0.25) is 15.0 Å². The van der Waals surface area contributed by atoms with Crippen molar-refractivity contribution in [2.24, 2.45) is 5.73 Å². The van der Waals surface area contributed by atoms with E-state index in [1.54, 1.807) is 0 Å². The maximum atomic E-state index is 13.8. The standard InChI is InChI=1S/C22H29F3N6O4S/c23-15-3-4-16(24)18(25)14(15)13-35-20-17(19(26)33)21(36-29-20)28-22(34)27-5-1-2-6-30-7-9-31(10-8-30)11-12-32/h3-4,32H,1-2,5-13H2,(H2,26,33)(H2,27,28,34). The first-order valence-electron chi connectivity index (χ1n) is 11.4. The molecule has 0 unspecified atom stereocenters. The number of urea groups is 1. The van der Waals surface area contributed by atoms with E-state index in [1.165, 1.54) is 0 Å². The smallest absolute Gasteiger partial charge is 0.319 e. The van der Waals surface area contributed by atoms with Gasteiger partial charge in [-0.25, -0.2) is 18.0 Å². The molecule has 3 rings (SSSR count). The number of unbranched alkanes of at least 4 members (excludes halogenated alkanes) is 1. The quantitative estimate of drug-likeness (QED) is 0.243. The number of nitrogens with two attached hydrogens (primary N) is 1. The molecule has 198 valence electrons. The Labute approximate surface area is 210 Å². The predicted octanol–water partition coefficient (Wildman–Crippen LogP) is 1.75. The van der Waals surface area contributed by atoms with Crippen molar-refractivity contribution >= 4 is 28.5 Å². The maximum absolute atomic E-state index is 13.8. The third-order valence-corrected chi connectivity index (χ3v) is 6.44. The van der Waals surface area contributed by atoms with E-state index >= 15 is 0 Å². The zero-order valence-corrected chi connectivity index (χ0v) is 20.4. The molecule has 0 radical (unpaired) electrons. The van der Waals surface area contributed by atoms with Gasteiger partial charge in [-0.1, -0.05) is 0 Å². The number of carbonyl (C=O) groups excluding carboxylic acids is 2. The van der Waals surface area contributed by atoms with E-state index in [0.717, 1.165) is 51.6 Å². The second kappa shape index (κ2) is 13.4. The predicted molar refractivity (Wildman–Crippen MR) is 128 cm³/mol. The van der Waals surface area contributed by atoms with Gasteiger partial charge in [-0.05, 0) is 43.1 Å². The van der Waals surface area contributed by atoms with Gasteiger partial charge in [0, 0.05) is 39.3 Å². The molecule has 0 aliphatic carbocycles. The fourth-order valence-electron chi connectivity index (χ4n) is 3.71. The van der Waals surface area contributed by atoms with Gasteiger partial charge in [0.2, 0.25) is 5.88 Å². The Hall–Kier alpha value is -2.94.